The first-order chi connectivity index (χ1) is 8.99. The van der Waals surface area contributed by atoms with E-state index in [1.807, 2.05) is 24.6 Å². The molecule has 0 saturated carbocycles. The highest BCUT2D eigenvalue weighted by Crippen LogP contribution is 2.21. The first-order valence-electron chi connectivity index (χ1n) is 5.79. The molecule has 0 atom stereocenters. The summed E-state index contributed by atoms with van der Waals surface area (Å²) in [4.78, 5) is 31.6. The molecule has 0 bridgehead atoms. The second-order valence-corrected chi connectivity index (χ2v) is 5.13. The predicted octanol–water partition coefficient (Wildman–Crippen LogP) is 1.60. The van der Waals surface area contributed by atoms with Crippen LogP contribution in [0.2, 0.25) is 0 Å². The summed E-state index contributed by atoms with van der Waals surface area (Å²) in [5, 5.41) is 3.73. The van der Waals surface area contributed by atoms with E-state index in [-0.39, 0.29) is 17.5 Å². The molecule has 6 nitrogen and oxygen atoms in total. The minimum absolute atomic E-state index is 0.0647. The van der Waals surface area contributed by atoms with E-state index in [1.165, 1.54) is 18.3 Å². The number of carbonyl (C=O) groups excluding carboxylic acids is 2. The predicted molar refractivity (Wildman–Crippen MR) is 72.8 cm³/mol. The topological polar surface area (TPSA) is 84.0 Å². The lowest BCUT2D eigenvalue weighted by molar-refractivity contribution is -0.119. The van der Waals surface area contributed by atoms with E-state index in [2.05, 4.69) is 20.8 Å². The fourth-order valence-electron chi connectivity index (χ4n) is 1.58. The smallest absolute Gasteiger partial charge is 0.274 e. The maximum Gasteiger partial charge on any atom is 0.290 e. The fourth-order valence-corrected chi connectivity index (χ4v) is 2.26. The van der Waals surface area contributed by atoms with E-state index in [9.17, 15) is 9.59 Å². The Kier molecular flexibility index (Phi) is 3.75. The number of rotatable bonds is 2. The van der Waals surface area contributed by atoms with Crippen LogP contribution in [-0.4, -0.2) is 21.8 Å². The van der Waals surface area contributed by atoms with Crippen LogP contribution < -0.4 is 10.9 Å². The zero-order chi connectivity index (χ0) is 14.0. The van der Waals surface area contributed by atoms with Gasteiger partial charge in [0.25, 0.3) is 5.91 Å². The molecule has 0 aliphatic rings. The molecule has 0 fully saturated rings. The third-order valence-electron chi connectivity index (χ3n) is 2.45. The number of thiophene rings is 1. The van der Waals surface area contributed by atoms with Gasteiger partial charge in [-0.15, -0.1) is 11.3 Å². The van der Waals surface area contributed by atoms with Gasteiger partial charge in [-0.05, 0) is 5.92 Å². The highest BCUT2D eigenvalue weighted by atomic mass is 32.1. The summed E-state index contributed by atoms with van der Waals surface area (Å²) >= 11 is 1.49. The molecule has 7 heteroatoms. The summed E-state index contributed by atoms with van der Waals surface area (Å²) < 4.78 is 0. The van der Waals surface area contributed by atoms with Crippen LogP contribution >= 0.6 is 11.3 Å². The van der Waals surface area contributed by atoms with Crippen LogP contribution in [0.4, 0.5) is 0 Å². The summed E-state index contributed by atoms with van der Waals surface area (Å²) in [6.45, 7) is 5.20. The Morgan fingerprint density at radius 2 is 1.79 bits per heavy atom. The number of amides is 2. The van der Waals surface area contributed by atoms with Crippen molar-refractivity contribution in [2.24, 2.45) is 0 Å². The molecule has 100 valence electrons. The van der Waals surface area contributed by atoms with E-state index in [0.29, 0.717) is 11.2 Å². The molecule has 2 amide bonds. The standard InChI is InChI=1S/C12H14N4O2S/c1-6(2)10-11(12(18)16-15-7(3)17)14-9-5-19-4-8(9)13-10/h4-6H,1-3H3,(H,15,17)(H,16,18). The average Bonchev–Trinajstić information content (AvgIpc) is 2.81. The number of nitrogens with one attached hydrogen (secondary N) is 2. The third kappa shape index (κ3) is 2.87. The van der Waals surface area contributed by atoms with Gasteiger partial charge in [0, 0.05) is 17.7 Å². The molecule has 2 rings (SSSR count). The zero-order valence-corrected chi connectivity index (χ0v) is 11.7. The van der Waals surface area contributed by atoms with Gasteiger partial charge in [0.1, 0.15) is 5.52 Å². The first-order valence-corrected chi connectivity index (χ1v) is 6.74. The minimum Gasteiger partial charge on any atom is -0.274 e. The molecule has 2 heterocycles. The maximum absolute atomic E-state index is 12.0. The number of aromatic nitrogens is 2. The normalized spacial score (nSPS) is 10.7. The molecule has 0 spiro atoms. The lowest BCUT2D eigenvalue weighted by atomic mass is 10.1. The summed E-state index contributed by atoms with van der Waals surface area (Å²) in [6, 6.07) is 0. The van der Waals surface area contributed by atoms with E-state index < -0.39 is 5.91 Å². The van der Waals surface area contributed by atoms with E-state index in [4.69, 9.17) is 0 Å². The van der Waals surface area contributed by atoms with Crippen LogP contribution in [0.3, 0.4) is 0 Å². The highest BCUT2D eigenvalue weighted by molar-refractivity contribution is 7.09. The van der Waals surface area contributed by atoms with Crippen molar-refractivity contribution < 1.29 is 9.59 Å². The SMILES string of the molecule is CC(=O)NNC(=O)c1nc2cscc2nc1C(C)C. The van der Waals surface area contributed by atoms with Crippen molar-refractivity contribution in [2.75, 3.05) is 0 Å². The summed E-state index contributed by atoms with van der Waals surface area (Å²) in [6.07, 6.45) is 0. The number of carbonyl (C=O) groups is 2. The van der Waals surface area contributed by atoms with Gasteiger partial charge in [0.05, 0.1) is 11.2 Å². The van der Waals surface area contributed by atoms with Gasteiger partial charge >= 0.3 is 0 Å². The fraction of sp³-hybridized carbons (Fsp3) is 0.333. The maximum atomic E-state index is 12.0. The average molecular weight is 278 g/mol. The van der Waals surface area contributed by atoms with Crippen molar-refractivity contribution in [3.05, 3.63) is 22.1 Å². The van der Waals surface area contributed by atoms with Gasteiger partial charge in [-0.1, -0.05) is 13.8 Å². The molecular formula is C12H14N4O2S. The molecule has 19 heavy (non-hydrogen) atoms. The summed E-state index contributed by atoms with van der Waals surface area (Å²) in [5.74, 6) is -0.738. The molecule has 2 aromatic rings. The second-order valence-electron chi connectivity index (χ2n) is 4.39. The molecule has 0 aliphatic heterocycles. The number of nitrogens with zero attached hydrogens (tertiary/aromatic N) is 2. The molecule has 2 aromatic heterocycles. The Balaban J connectivity index is 2.41. The summed E-state index contributed by atoms with van der Waals surface area (Å²) in [7, 11) is 0. The van der Waals surface area contributed by atoms with Gasteiger partial charge in [0.15, 0.2) is 5.69 Å². The van der Waals surface area contributed by atoms with Crippen molar-refractivity contribution >= 4 is 34.2 Å². The molecular weight excluding hydrogens is 264 g/mol. The summed E-state index contributed by atoms with van der Waals surface area (Å²) in [5.41, 5.74) is 6.89. The number of hydrogen-bond donors (Lipinski definition) is 2. The Bertz CT molecular complexity index is 636. The van der Waals surface area contributed by atoms with E-state index in [0.717, 1.165) is 5.52 Å². The van der Waals surface area contributed by atoms with E-state index >= 15 is 0 Å². The van der Waals surface area contributed by atoms with Gasteiger partial charge in [0.2, 0.25) is 5.91 Å². The Hall–Kier alpha value is -2.02. The van der Waals surface area contributed by atoms with Gasteiger partial charge in [-0.3, -0.25) is 20.4 Å². The molecule has 2 N–H and O–H groups in total. The lowest BCUT2D eigenvalue weighted by Gasteiger charge is -2.11. The van der Waals surface area contributed by atoms with Gasteiger partial charge in [-0.25, -0.2) is 9.97 Å². The quantitative estimate of drug-likeness (QED) is 0.817. The van der Waals surface area contributed by atoms with Crippen LogP contribution in [0.25, 0.3) is 11.0 Å². The van der Waals surface area contributed by atoms with Crippen molar-refractivity contribution in [2.45, 2.75) is 26.7 Å². The molecule has 0 saturated heterocycles. The largest absolute Gasteiger partial charge is 0.290 e. The minimum atomic E-state index is -0.459. The van der Waals surface area contributed by atoms with Crippen LogP contribution in [0.1, 0.15) is 42.9 Å². The van der Waals surface area contributed by atoms with E-state index in [1.54, 1.807) is 0 Å². The van der Waals surface area contributed by atoms with Crippen LogP contribution in [-0.2, 0) is 4.79 Å². The van der Waals surface area contributed by atoms with Gasteiger partial charge < -0.3 is 0 Å². The monoisotopic (exact) mass is 278 g/mol. The van der Waals surface area contributed by atoms with Crippen molar-refractivity contribution in [1.82, 2.24) is 20.8 Å². The third-order valence-corrected chi connectivity index (χ3v) is 3.17. The number of fused-ring (bicyclic) bond motifs is 1. The first kappa shape index (κ1) is 13.4. The molecule has 0 aliphatic carbocycles. The Labute approximate surface area is 114 Å². The van der Waals surface area contributed by atoms with Crippen molar-refractivity contribution in [1.29, 1.82) is 0 Å². The van der Waals surface area contributed by atoms with Crippen molar-refractivity contribution in [3.63, 3.8) is 0 Å². The molecule has 0 radical (unpaired) electrons. The van der Waals surface area contributed by atoms with Crippen molar-refractivity contribution in [3.8, 4) is 0 Å². The van der Waals surface area contributed by atoms with Crippen LogP contribution in [0.5, 0.6) is 0 Å². The molecule has 0 aromatic carbocycles. The number of hydrogen-bond acceptors (Lipinski definition) is 5. The number of hydrazine groups is 1. The molecule has 0 unspecified atom stereocenters. The zero-order valence-electron chi connectivity index (χ0n) is 10.9. The van der Waals surface area contributed by atoms with Crippen LogP contribution in [0.15, 0.2) is 10.8 Å². The lowest BCUT2D eigenvalue weighted by Crippen LogP contribution is -2.41. The Morgan fingerprint density at radius 3 is 2.37 bits per heavy atom. The Morgan fingerprint density at radius 1 is 1.16 bits per heavy atom. The highest BCUT2D eigenvalue weighted by Gasteiger charge is 2.19. The second kappa shape index (κ2) is 5.31. The van der Waals surface area contributed by atoms with Crippen LogP contribution in [0, 0.1) is 0 Å². The van der Waals surface area contributed by atoms with Gasteiger partial charge in [-0.2, -0.15) is 0 Å².